The van der Waals surface area contributed by atoms with Crippen molar-refractivity contribution in [2.45, 2.75) is 63.8 Å². The van der Waals surface area contributed by atoms with Gasteiger partial charge in [0.25, 0.3) is 0 Å². The maximum Gasteiger partial charge on any atom is 0.240 e. The number of rotatable bonds is 8. The van der Waals surface area contributed by atoms with Gasteiger partial charge in [-0.15, -0.1) is 0 Å². The van der Waals surface area contributed by atoms with E-state index in [1.165, 1.54) is 0 Å². The van der Waals surface area contributed by atoms with Gasteiger partial charge in [-0.25, -0.2) is 13.1 Å². The Hall–Kier alpha value is -1.11. The first-order valence-corrected chi connectivity index (χ1v) is 9.55. The monoisotopic (exact) mass is 342 g/mol. The second-order valence-electron chi connectivity index (χ2n) is 6.41. The van der Waals surface area contributed by atoms with Crippen LogP contribution in [0.3, 0.4) is 0 Å². The normalized spacial score (nSPS) is 12.7. The third-order valence-electron chi connectivity index (χ3n) is 4.46. The maximum atomic E-state index is 12.7. The van der Waals surface area contributed by atoms with Crippen LogP contribution in [0.5, 0.6) is 5.75 Å². The van der Waals surface area contributed by atoms with Gasteiger partial charge in [-0.05, 0) is 48.9 Å². The highest BCUT2D eigenvalue weighted by Crippen LogP contribution is 2.31. The van der Waals surface area contributed by atoms with Crippen molar-refractivity contribution >= 4 is 10.0 Å². The van der Waals surface area contributed by atoms with Gasteiger partial charge in [0.2, 0.25) is 10.0 Å². The molecule has 3 N–H and O–H groups in total. The summed E-state index contributed by atoms with van der Waals surface area (Å²) < 4.78 is 33.4. The first-order chi connectivity index (χ1) is 10.6. The van der Waals surface area contributed by atoms with Crippen LogP contribution < -0.4 is 15.2 Å². The Bertz CT molecular complexity index is 635. The molecule has 0 spiro atoms. The van der Waals surface area contributed by atoms with Gasteiger partial charge in [-0.1, -0.05) is 27.7 Å². The lowest BCUT2D eigenvalue weighted by molar-refractivity contribution is 0.391. The third kappa shape index (κ3) is 4.68. The smallest absolute Gasteiger partial charge is 0.240 e. The predicted octanol–water partition coefficient (Wildman–Crippen LogP) is 2.92. The van der Waals surface area contributed by atoms with Gasteiger partial charge in [0.1, 0.15) is 5.75 Å². The van der Waals surface area contributed by atoms with E-state index in [4.69, 9.17) is 10.5 Å². The molecule has 0 aliphatic rings. The van der Waals surface area contributed by atoms with Crippen molar-refractivity contribution in [1.82, 2.24) is 4.72 Å². The molecule has 0 atom stereocenters. The van der Waals surface area contributed by atoms with E-state index in [0.29, 0.717) is 24.2 Å². The van der Waals surface area contributed by atoms with Crippen LogP contribution in [0.15, 0.2) is 17.0 Å². The molecule has 0 aliphatic heterocycles. The maximum absolute atomic E-state index is 12.7. The van der Waals surface area contributed by atoms with Crippen LogP contribution in [0, 0.1) is 6.92 Å². The van der Waals surface area contributed by atoms with Crippen LogP contribution >= 0.6 is 0 Å². The number of nitrogens with two attached hydrogens (primary N) is 1. The fraction of sp³-hybridized carbons (Fsp3) is 0.647. The van der Waals surface area contributed by atoms with Crippen molar-refractivity contribution in [2.24, 2.45) is 5.73 Å². The van der Waals surface area contributed by atoms with E-state index in [0.717, 1.165) is 5.56 Å². The van der Waals surface area contributed by atoms with Gasteiger partial charge in [0.05, 0.1) is 12.0 Å². The van der Waals surface area contributed by atoms with Gasteiger partial charge >= 0.3 is 0 Å². The Balaban J connectivity index is 3.21. The first-order valence-electron chi connectivity index (χ1n) is 8.07. The molecule has 0 fully saturated rings. The summed E-state index contributed by atoms with van der Waals surface area (Å²) in [5.74, 6) is 0.881. The molecule has 0 saturated heterocycles. The van der Waals surface area contributed by atoms with Crippen molar-refractivity contribution in [3.05, 3.63) is 23.3 Å². The molecule has 6 heteroatoms. The molecule has 0 bridgehead atoms. The van der Waals surface area contributed by atoms with Crippen LogP contribution in [0.4, 0.5) is 0 Å². The molecule has 1 rings (SSSR count). The predicted molar refractivity (Wildman–Crippen MR) is 94.5 cm³/mol. The molecule has 23 heavy (non-hydrogen) atoms. The van der Waals surface area contributed by atoms with E-state index in [1.54, 1.807) is 26.2 Å². The van der Waals surface area contributed by atoms with Crippen molar-refractivity contribution in [3.8, 4) is 5.75 Å². The lowest BCUT2D eigenvalue weighted by Crippen LogP contribution is -2.49. The van der Waals surface area contributed by atoms with Gasteiger partial charge in [-0.2, -0.15) is 0 Å². The van der Waals surface area contributed by atoms with Gasteiger partial charge in [-0.3, -0.25) is 0 Å². The molecule has 0 unspecified atom stereocenters. The number of ether oxygens (including phenoxy) is 1. The van der Waals surface area contributed by atoms with E-state index < -0.39 is 15.6 Å². The van der Waals surface area contributed by atoms with Crippen molar-refractivity contribution in [3.63, 3.8) is 0 Å². The first kappa shape index (κ1) is 19.9. The fourth-order valence-corrected chi connectivity index (χ4v) is 3.81. The molecule has 0 saturated carbocycles. The largest absolute Gasteiger partial charge is 0.496 e. The van der Waals surface area contributed by atoms with Crippen LogP contribution in [-0.4, -0.2) is 27.6 Å². The Morgan fingerprint density at radius 3 is 2.26 bits per heavy atom. The molecular weight excluding hydrogens is 312 g/mol. The zero-order chi connectivity index (χ0) is 17.8. The lowest BCUT2D eigenvalue weighted by Gasteiger charge is -2.27. The number of sulfonamides is 1. The summed E-state index contributed by atoms with van der Waals surface area (Å²) in [5, 5.41) is 0. The van der Waals surface area contributed by atoms with Gasteiger partial charge < -0.3 is 10.5 Å². The highest BCUT2D eigenvalue weighted by Gasteiger charge is 2.26. The highest BCUT2D eigenvalue weighted by atomic mass is 32.2. The number of aryl methyl sites for hydroxylation is 1. The number of hydrogen-bond acceptors (Lipinski definition) is 4. The minimum atomic E-state index is -3.61. The van der Waals surface area contributed by atoms with Crippen LogP contribution in [0.25, 0.3) is 0 Å². The van der Waals surface area contributed by atoms with E-state index in [-0.39, 0.29) is 17.4 Å². The summed E-state index contributed by atoms with van der Waals surface area (Å²) in [7, 11) is -2.02. The minimum absolute atomic E-state index is 0.166. The Kier molecular flexibility index (Phi) is 6.62. The SMILES string of the molecule is CCC(N)(CC)CNS(=O)(=O)c1cc(C(C)C)c(OC)cc1C. The van der Waals surface area contributed by atoms with E-state index in [9.17, 15) is 8.42 Å². The van der Waals surface area contributed by atoms with Crippen LogP contribution in [0.1, 0.15) is 57.6 Å². The third-order valence-corrected chi connectivity index (χ3v) is 6.00. The molecule has 0 heterocycles. The summed E-state index contributed by atoms with van der Waals surface area (Å²) in [6.45, 7) is 9.95. The van der Waals surface area contributed by atoms with Gasteiger partial charge in [0.15, 0.2) is 0 Å². The van der Waals surface area contributed by atoms with Crippen molar-refractivity contribution < 1.29 is 13.2 Å². The zero-order valence-electron chi connectivity index (χ0n) is 15.1. The molecule has 0 amide bonds. The van der Waals surface area contributed by atoms with E-state index in [2.05, 4.69) is 4.72 Å². The average molecular weight is 343 g/mol. The summed E-state index contributed by atoms with van der Waals surface area (Å²) in [5.41, 5.74) is 7.22. The average Bonchev–Trinajstić information content (AvgIpc) is 2.51. The second-order valence-corrected chi connectivity index (χ2v) is 8.14. The molecule has 0 radical (unpaired) electrons. The number of methoxy groups -OCH3 is 1. The molecular formula is C17H30N2O3S. The molecule has 1 aromatic carbocycles. The summed E-state index contributed by atoms with van der Waals surface area (Å²) >= 11 is 0. The Morgan fingerprint density at radius 1 is 1.26 bits per heavy atom. The van der Waals surface area contributed by atoms with Gasteiger partial charge in [0, 0.05) is 12.1 Å². The summed E-state index contributed by atoms with van der Waals surface area (Å²) in [6.07, 6.45) is 1.43. The molecule has 1 aromatic rings. The molecule has 0 aliphatic carbocycles. The Morgan fingerprint density at radius 2 is 1.83 bits per heavy atom. The molecule has 5 nitrogen and oxygen atoms in total. The van der Waals surface area contributed by atoms with Crippen molar-refractivity contribution in [2.75, 3.05) is 13.7 Å². The van der Waals surface area contributed by atoms with E-state index >= 15 is 0 Å². The Labute approximate surface area is 140 Å². The standard InChI is InChI=1S/C17H30N2O3S/c1-7-17(18,8-2)11-19-23(20,21)16-10-14(12(3)4)15(22-6)9-13(16)5/h9-10,12,19H,7-8,11,18H2,1-6H3. The fourth-order valence-electron chi connectivity index (χ4n) is 2.41. The molecule has 132 valence electrons. The summed E-state index contributed by atoms with van der Waals surface area (Å²) in [4.78, 5) is 0.288. The van der Waals surface area contributed by atoms with Crippen LogP contribution in [0.2, 0.25) is 0 Å². The van der Waals surface area contributed by atoms with E-state index in [1.807, 2.05) is 27.7 Å². The highest BCUT2D eigenvalue weighted by molar-refractivity contribution is 7.89. The lowest BCUT2D eigenvalue weighted by atomic mass is 9.95. The van der Waals surface area contributed by atoms with Crippen molar-refractivity contribution in [1.29, 1.82) is 0 Å². The number of nitrogens with one attached hydrogen (secondary N) is 1. The summed E-state index contributed by atoms with van der Waals surface area (Å²) in [6, 6.07) is 3.48. The molecule has 0 aromatic heterocycles. The van der Waals surface area contributed by atoms with Crippen LogP contribution in [-0.2, 0) is 10.0 Å². The number of hydrogen-bond donors (Lipinski definition) is 2. The zero-order valence-corrected chi connectivity index (χ0v) is 15.9. The number of benzene rings is 1. The topological polar surface area (TPSA) is 81.4 Å². The minimum Gasteiger partial charge on any atom is -0.496 e. The second kappa shape index (κ2) is 7.64. The quantitative estimate of drug-likeness (QED) is 0.761.